The van der Waals surface area contributed by atoms with Crippen molar-refractivity contribution in [3.8, 4) is 22.4 Å². The Hall–Kier alpha value is -8.78. The number of ether oxygens (including phenoxy) is 3. The highest BCUT2D eigenvalue weighted by atomic mass is 35.5. The van der Waals surface area contributed by atoms with Crippen molar-refractivity contribution in [2.75, 3.05) is 117 Å². The van der Waals surface area contributed by atoms with E-state index in [1.54, 1.807) is 71.9 Å². The first-order valence-electron chi connectivity index (χ1n) is 37.5. The normalized spacial score (nSPS) is 16.4. The van der Waals surface area contributed by atoms with E-state index in [1.807, 2.05) is 79.2 Å². The van der Waals surface area contributed by atoms with E-state index in [-0.39, 0.29) is 56.5 Å². The van der Waals surface area contributed by atoms with Gasteiger partial charge in [0.05, 0.1) is 76.4 Å². The number of fused-ring (bicyclic) bond motifs is 1. The maximum Gasteiger partial charge on any atom is 0.262 e. The number of aromatic nitrogens is 4. The Kier molecular flexibility index (Phi) is 26.8. The van der Waals surface area contributed by atoms with Crippen molar-refractivity contribution < 1.29 is 63.0 Å². The summed E-state index contributed by atoms with van der Waals surface area (Å²) in [5.41, 5.74) is 7.42. The summed E-state index contributed by atoms with van der Waals surface area (Å²) in [6.07, 6.45) is 9.14. The number of carbonyl (C=O) groups excluding carboxylic acids is 4. The number of hydrogen-bond donors (Lipinski definition) is 3. The monoisotopic (exact) mass is 1610 g/mol. The summed E-state index contributed by atoms with van der Waals surface area (Å²) in [5, 5.41) is 15.2. The highest BCUT2D eigenvalue weighted by Crippen LogP contribution is 2.45. The summed E-state index contributed by atoms with van der Waals surface area (Å²) in [6, 6.07) is 36.8. The quantitative estimate of drug-likeness (QED) is 0.0187. The predicted molar refractivity (Wildman–Crippen MR) is 429 cm³/mol. The van der Waals surface area contributed by atoms with E-state index in [4.69, 9.17) is 25.8 Å². The van der Waals surface area contributed by atoms with Gasteiger partial charge < -0.3 is 44.1 Å². The maximum atomic E-state index is 15.9. The minimum atomic E-state index is -4.30. The van der Waals surface area contributed by atoms with Gasteiger partial charge in [-0.2, -0.15) is 0 Å². The van der Waals surface area contributed by atoms with Gasteiger partial charge in [0.2, 0.25) is 5.91 Å². The van der Waals surface area contributed by atoms with Gasteiger partial charge in [0.1, 0.15) is 23.3 Å². The zero-order chi connectivity index (χ0) is 78.7. The molecule has 4 aliphatic heterocycles. The van der Waals surface area contributed by atoms with Gasteiger partial charge in [-0.15, -0.1) is 16.9 Å². The number of likely N-dealkylation sites (tertiary alicyclic amines) is 1. The number of rotatable bonds is 36. The average molecular weight is 1610 g/mol. The van der Waals surface area contributed by atoms with Crippen LogP contribution in [0.15, 0.2) is 172 Å². The lowest BCUT2D eigenvalue weighted by Gasteiger charge is -2.37. The lowest BCUT2D eigenvalue weighted by Crippen LogP contribution is -2.51. The molecular weight excluding hydrogens is 1520 g/mol. The molecule has 3 N–H and O–H groups in total. The first kappa shape index (κ1) is 81.7. The number of sulfone groups is 2. The number of anilines is 4. The lowest BCUT2D eigenvalue weighted by molar-refractivity contribution is -0.125. The van der Waals surface area contributed by atoms with Crippen molar-refractivity contribution in [1.82, 2.24) is 34.7 Å². The first-order valence-corrected chi connectivity index (χ1v) is 44.1. The molecule has 590 valence electrons. The van der Waals surface area contributed by atoms with E-state index in [9.17, 15) is 44.4 Å². The van der Waals surface area contributed by atoms with Gasteiger partial charge in [-0.05, 0) is 193 Å². The second kappa shape index (κ2) is 36.4. The molecule has 0 bridgehead atoms. The highest BCUT2D eigenvalue weighted by Gasteiger charge is 2.45. The van der Waals surface area contributed by atoms with Crippen LogP contribution in [0.5, 0.6) is 0 Å². The second-order valence-corrected chi connectivity index (χ2v) is 36.0. The fraction of sp³-hybridized carbons (Fsp3) is 0.407. The van der Waals surface area contributed by atoms with Gasteiger partial charge in [-0.25, -0.2) is 29.6 Å². The van der Waals surface area contributed by atoms with Crippen molar-refractivity contribution in [2.24, 2.45) is 5.92 Å². The number of Topliss-reactive ketones (excluding diaryl/α,β-unsaturated/α-hetero) is 1. The number of piperazine rings is 1. The Morgan fingerprint density at radius 2 is 1.42 bits per heavy atom. The SMILES string of the molecule is C=C1CCC(N2C(=O)c3cccc(CCCOCCOCCOCc4cn(CCCC(=O)C5CCN(CC[C@H](CSc6ccccc6)Nc6ccc(S(=O)(=O)Nc7ccc(N8CCN(c9cc(F)cc(-c%10c(S(C)(=O)=O)c(C)n(C(C)C)c%10-c%10ccc(Cl)cc%10)c9)CC8)cc7)cc6S(C)(=O)=O)CC5)nn4)c3C2=O)C(=O)N1. The van der Waals surface area contributed by atoms with Crippen LogP contribution < -0.4 is 25.2 Å². The van der Waals surface area contributed by atoms with Crippen LogP contribution in [0, 0.1) is 18.7 Å². The summed E-state index contributed by atoms with van der Waals surface area (Å²) >= 11 is 7.93. The number of benzene rings is 6. The summed E-state index contributed by atoms with van der Waals surface area (Å²) in [4.78, 5) is 61.3. The number of halogens is 2. The molecule has 2 aromatic heterocycles. The summed E-state index contributed by atoms with van der Waals surface area (Å²) in [6.45, 7) is 16.4. The number of piperidine rings is 2. The molecule has 4 aliphatic rings. The van der Waals surface area contributed by atoms with E-state index in [1.165, 1.54) is 36.6 Å². The zero-order valence-electron chi connectivity index (χ0n) is 63.0. The van der Waals surface area contributed by atoms with Crippen molar-refractivity contribution in [3.05, 3.63) is 191 Å². The molecular formula is C81H95ClFN11O13S4. The molecule has 6 heterocycles. The molecule has 8 aromatic rings. The van der Waals surface area contributed by atoms with E-state index < -0.39 is 59.3 Å². The van der Waals surface area contributed by atoms with Gasteiger partial charge in [0.25, 0.3) is 21.8 Å². The van der Waals surface area contributed by atoms with Gasteiger partial charge in [-0.3, -0.25) is 33.5 Å². The molecule has 0 radical (unpaired) electrons. The van der Waals surface area contributed by atoms with Crippen molar-refractivity contribution in [2.45, 2.75) is 129 Å². The summed E-state index contributed by atoms with van der Waals surface area (Å²) in [7, 11) is -12.1. The van der Waals surface area contributed by atoms with Gasteiger partial charge in [0.15, 0.2) is 19.7 Å². The van der Waals surface area contributed by atoms with Gasteiger partial charge in [-0.1, -0.05) is 65.9 Å². The van der Waals surface area contributed by atoms with Crippen LogP contribution in [0.2, 0.25) is 5.02 Å². The van der Waals surface area contributed by atoms with Crippen LogP contribution >= 0.6 is 23.4 Å². The third-order valence-electron chi connectivity index (χ3n) is 20.5. The molecule has 2 atom stereocenters. The molecule has 3 amide bonds. The smallest absolute Gasteiger partial charge is 0.262 e. The molecule has 0 aliphatic carbocycles. The number of allylic oxidation sites excluding steroid dienone is 1. The number of carbonyl (C=O) groups is 4. The average Bonchev–Trinajstić information content (AvgIpc) is 1.59. The number of thioether (sulfide) groups is 1. The molecule has 1 unspecified atom stereocenters. The fourth-order valence-electron chi connectivity index (χ4n) is 15.1. The molecule has 3 saturated heterocycles. The Labute approximate surface area is 658 Å². The molecule has 12 rings (SSSR count). The van der Waals surface area contributed by atoms with Crippen molar-refractivity contribution in [1.29, 1.82) is 0 Å². The van der Waals surface area contributed by atoms with Crippen LogP contribution in [0.25, 0.3) is 22.4 Å². The second-order valence-electron chi connectivity index (χ2n) is 28.9. The highest BCUT2D eigenvalue weighted by molar-refractivity contribution is 7.99. The standard InChI is InChI=1S/C81H95ClFN11O13S4/c1-54(2)93-56(4)78(110(6,101)102)76(77(93)59-20-22-61(82)23-21-59)60-47-62(83)49-67(48-60)91-40-38-90(39-41-91)66-26-24-63(25-27-66)87-111(103,104)69-28-29-71(74(50-69)109(5,99)100)85-64(53-108-68-15-8-7-9-16-68)33-37-89-35-31-57(32-36-89)73(95)18-11-34-92-51-65(86-88-92)52-107-46-45-106-44-43-105-42-12-14-58-13-10-17-70-75(58)81(98)94(80(70)97)72-30-19-55(3)84-79(72)96/h7-10,13,15-17,20-29,47-51,54,57,64,72,85,87H,3,11-12,14,18-19,30-46,52-53H2,1-2,4-6H3,(H,84,96)/t64-,72?/m1/s1. The van der Waals surface area contributed by atoms with Gasteiger partial charge in [0, 0.05) is 132 Å². The van der Waals surface area contributed by atoms with E-state index in [0.29, 0.717) is 179 Å². The van der Waals surface area contributed by atoms with Crippen LogP contribution in [-0.2, 0) is 73.1 Å². The van der Waals surface area contributed by atoms with E-state index in [2.05, 4.69) is 46.9 Å². The first-order chi connectivity index (χ1) is 53.2. The largest absolute Gasteiger partial charge is 0.380 e. The number of nitrogens with one attached hydrogen (secondary N) is 3. The molecule has 0 saturated carbocycles. The molecule has 24 nitrogen and oxygen atoms in total. The zero-order valence-corrected chi connectivity index (χ0v) is 67.1. The van der Waals surface area contributed by atoms with E-state index in [0.717, 1.165) is 58.8 Å². The molecule has 3 fully saturated rings. The Morgan fingerprint density at radius 1 is 0.730 bits per heavy atom. The maximum absolute atomic E-state index is 15.9. The minimum Gasteiger partial charge on any atom is -0.380 e. The Morgan fingerprint density at radius 3 is 2.11 bits per heavy atom. The van der Waals surface area contributed by atoms with Crippen LogP contribution in [0.4, 0.5) is 27.1 Å². The van der Waals surface area contributed by atoms with Crippen molar-refractivity contribution >= 4 is 99.3 Å². The fourth-order valence-corrected chi connectivity index (χ4v) is 19.4. The number of ketones is 1. The Bertz CT molecular complexity index is 5050. The summed E-state index contributed by atoms with van der Waals surface area (Å²) < 4.78 is 122. The molecule has 111 heavy (non-hydrogen) atoms. The summed E-state index contributed by atoms with van der Waals surface area (Å²) in [5.74, 6) is -1.07. The number of nitrogens with zero attached hydrogens (tertiary/aromatic N) is 8. The third kappa shape index (κ3) is 20.4. The van der Waals surface area contributed by atoms with Crippen LogP contribution in [0.3, 0.4) is 0 Å². The number of imide groups is 1. The topological polar surface area (TPSA) is 283 Å². The predicted octanol–water partition coefficient (Wildman–Crippen LogP) is 12.3. The number of hydrogen-bond acceptors (Lipinski definition) is 20. The third-order valence-corrected chi connectivity index (χ3v) is 25.7. The number of amides is 3. The minimum absolute atomic E-state index is 0.0604. The lowest BCUT2D eigenvalue weighted by atomic mass is 9.90. The number of sulfonamides is 1. The van der Waals surface area contributed by atoms with Gasteiger partial charge >= 0.3 is 0 Å². The number of aryl methyl sites for hydroxylation is 2. The molecule has 0 spiro atoms. The Balaban J connectivity index is 0.567. The van der Waals surface area contributed by atoms with E-state index >= 15 is 4.39 Å². The van der Waals surface area contributed by atoms with Crippen molar-refractivity contribution in [3.63, 3.8) is 0 Å². The van der Waals surface area contributed by atoms with Crippen LogP contribution in [-0.4, -0.2) is 187 Å². The van der Waals surface area contributed by atoms with Crippen LogP contribution in [0.1, 0.15) is 109 Å². The molecule has 6 aromatic carbocycles. The molecule has 30 heteroatoms.